The van der Waals surface area contributed by atoms with Gasteiger partial charge in [0.05, 0.1) is 0 Å². The van der Waals surface area contributed by atoms with E-state index in [0.29, 0.717) is 25.0 Å². The number of ether oxygens (including phenoxy) is 1. The topological polar surface area (TPSA) is 65.5 Å². The molecule has 1 aliphatic heterocycles. The third-order valence-corrected chi connectivity index (χ3v) is 4.12. The van der Waals surface area contributed by atoms with Gasteiger partial charge in [-0.25, -0.2) is 4.79 Å². The predicted molar refractivity (Wildman–Crippen MR) is 90.3 cm³/mol. The maximum atomic E-state index is 12.4. The lowest BCUT2D eigenvalue weighted by Crippen LogP contribution is -2.46. The van der Waals surface area contributed by atoms with Gasteiger partial charge in [-0.1, -0.05) is 6.92 Å². The quantitative estimate of drug-likeness (QED) is 0.713. The fourth-order valence-corrected chi connectivity index (χ4v) is 2.81. The Balaban J connectivity index is 2.54. The lowest BCUT2D eigenvalue weighted by atomic mass is 10.0. The van der Waals surface area contributed by atoms with E-state index in [4.69, 9.17) is 4.74 Å². The molecule has 0 aliphatic carbocycles. The first-order chi connectivity index (χ1) is 10.8. The van der Waals surface area contributed by atoms with Crippen LogP contribution in [0.15, 0.2) is 4.99 Å². The number of hydrogen-bond acceptors (Lipinski definition) is 4. The van der Waals surface area contributed by atoms with E-state index in [9.17, 15) is 9.59 Å². The molecule has 0 saturated heterocycles. The summed E-state index contributed by atoms with van der Waals surface area (Å²) in [4.78, 5) is 32.8. The molecular formula is C16H30N4O3. The van der Waals surface area contributed by atoms with Gasteiger partial charge in [-0.3, -0.25) is 4.79 Å². The molecule has 0 bridgehead atoms. The highest BCUT2D eigenvalue weighted by atomic mass is 16.5. The average molecular weight is 326 g/mol. The first kappa shape index (κ1) is 19.3. The highest BCUT2D eigenvalue weighted by Crippen LogP contribution is 2.15. The van der Waals surface area contributed by atoms with E-state index in [1.807, 2.05) is 37.7 Å². The predicted octanol–water partition coefficient (Wildman–Crippen LogP) is 1.64. The molecule has 3 amide bonds. The number of urea groups is 1. The first-order valence-electron chi connectivity index (χ1n) is 8.27. The molecule has 0 N–H and O–H groups in total. The normalized spacial score (nSPS) is 16.4. The van der Waals surface area contributed by atoms with Gasteiger partial charge in [0.25, 0.3) is 11.9 Å². The van der Waals surface area contributed by atoms with Gasteiger partial charge < -0.3 is 19.4 Å². The zero-order valence-corrected chi connectivity index (χ0v) is 15.2. The Bertz CT molecular complexity index is 453. The second kappa shape index (κ2) is 8.74. The van der Waals surface area contributed by atoms with Crippen LogP contribution in [0.25, 0.3) is 0 Å². The highest BCUT2D eigenvalue weighted by molar-refractivity contribution is 5.96. The van der Waals surface area contributed by atoms with E-state index >= 15 is 0 Å². The number of amides is 3. The Morgan fingerprint density at radius 2 is 1.91 bits per heavy atom. The third-order valence-electron chi connectivity index (χ3n) is 4.12. The van der Waals surface area contributed by atoms with Crippen LogP contribution in [0, 0.1) is 5.92 Å². The summed E-state index contributed by atoms with van der Waals surface area (Å²) in [5.41, 5.74) is 0. The number of aliphatic imine (C=N–C) groups is 1. The average Bonchev–Trinajstić information content (AvgIpc) is 2.93. The van der Waals surface area contributed by atoms with Gasteiger partial charge in [-0.2, -0.15) is 4.99 Å². The minimum absolute atomic E-state index is 0.0337. The molecule has 0 aromatic rings. The second-order valence-electron chi connectivity index (χ2n) is 6.23. The third kappa shape index (κ3) is 5.41. The van der Waals surface area contributed by atoms with Crippen LogP contribution >= 0.6 is 0 Å². The van der Waals surface area contributed by atoms with Crippen molar-refractivity contribution in [3.63, 3.8) is 0 Å². The number of rotatable bonds is 7. The standard InChI is InChI=1S/C16H30N4O3/c1-7-18(5)16(22)20(8-2)13(4)9-12(3)10-19(6)15-17-14(21)11-23-15/h12-13H,7-11H2,1-6H3/t12-,13-/m0/s1. The maximum absolute atomic E-state index is 12.4. The fraction of sp³-hybridized carbons (Fsp3) is 0.812. The van der Waals surface area contributed by atoms with Gasteiger partial charge in [0.15, 0.2) is 6.61 Å². The molecule has 7 nitrogen and oxygen atoms in total. The van der Waals surface area contributed by atoms with Crippen LogP contribution < -0.4 is 0 Å². The Hall–Kier alpha value is -1.79. The summed E-state index contributed by atoms with van der Waals surface area (Å²) in [6, 6.07) is 0.610. The van der Waals surface area contributed by atoms with Crippen LogP contribution in [-0.4, -0.2) is 79.0 Å². The number of carbonyl (C=O) groups excluding carboxylic acids is 2. The monoisotopic (exact) mass is 326 g/mol. The van der Waals surface area contributed by atoms with Crippen LogP contribution in [0.1, 0.15) is 34.1 Å². The van der Waals surface area contributed by atoms with Gasteiger partial charge in [-0.05, 0) is 33.1 Å². The molecule has 1 heterocycles. The summed E-state index contributed by atoms with van der Waals surface area (Å²) in [6.45, 7) is 10.3. The van der Waals surface area contributed by atoms with Crippen molar-refractivity contribution in [2.75, 3.05) is 40.3 Å². The summed E-state index contributed by atoms with van der Waals surface area (Å²) in [5, 5.41) is 0. The smallest absolute Gasteiger partial charge is 0.319 e. The van der Waals surface area contributed by atoms with E-state index in [1.165, 1.54) is 0 Å². The summed E-state index contributed by atoms with van der Waals surface area (Å²) >= 11 is 0. The second-order valence-corrected chi connectivity index (χ2v) is 6.23. The Morgan fingerprint density at radius 1 is 1.26 bits per heavy atom. The molecule has 0 unspecified atom stereocenters. The van der Waals surface area contributed by atoms with Crippen molar-refractivity contribution in [3.8, 4) is 0 Å². The number of hydrogen-bond donors (Lipinski definition) is 0. The summed E-state index contributed by atoms with van der Waals surface area (Å²) in [6.07, 6.45) is 0.878. The Morgan fingerprint density at radius 3 is 2.39 bits per heavy atom. The van der Waals surface area contributed by atoms with Crippen molar-refractivity contribution in [2.45, 2.75) is 40.2 Å². The zero-order chi connectivity index (χ0) is 17.6. The van der Waals surface area contributed by atoms with E-state index in [1.54, 1.807) is 4.90 Å². The highest BCUT2D eigenvalue weighted by Gasteiger charge is 2.25. The fourth-order valence-electron chi connectivity index (χ4n) is 2.81. The molecule has 1 aliphatic rings. The van der Waals surface area contributed by atoms with E-state index in [-0.39, 0.29) is 24.6 Å². The number of amidine groups is 1. The molecule has 23 heavy (non-hydrogen) atoms. The number of nitrogens with zero attached hydrogens (tertiary/aromatic N) is 4. The van der Waals surface area contributed by atoms with Crippen molar-refractivity contribution in [3.05, 3.63) is 0 Å². The molecule has 132 valence electrons. The largest absolute Gasteiger partial charge is 0.455 e. The molecule has 0 aromatic heterocycles. The van der Waals surface area contributed by atoms with E-state index < -0.39 is 0 Å². The van der Waals surface area contributed by atoms with Gasteiger partial charge in [0, 0.05) is 39.8 Å². The molecule has 0 aromatic carbocycles. The van der Waals surface area contributed by atoms with Crippen LogP contribution in [-0.2, 0) is 9.53 Å². The minimum atomic E-state index is -0.238. The van der Waals surface area contributed by atoms with Gasteiger partial charge in [-0.15, -0.1) is 0 Å². The Kier molecular flexibility index (Phi) is 7.32. The van der Waals surface area contributed by atoms with Gasteiger partial charge >= 0.3 is 6.03 Å². The van der Waals surface area contributed by atoms with Crippen LogP contribution in [0.5, 0.6) is 0 Å². The molecular weight excluding hydrogens is 296 g/mol. The summed E-state index contributed by atoms with van der Waals surface area (Å²) < 4.78 is 5.24. The Labute approximate surface area is 139 Å². The summed E-state index contributed by atoms with van der Waals surface area (Å²) in [5.74, 6) is 0.101. The van der Waals surface area contributed by atoms with Gasteiger partial charge in [0.2, 0.25) is 0 Å². The molecule has 0 saturated carbocycles. The van der Waals surface area contributed by atoms with Crippen molar-refractivity contribution >= 4 is 18.0 Å². The molecule has 1 rings (SSSR count). The first-order valence-corrected chi connectivity index (χ1v) is 8.27. The molecule has 7 heteroatoms. The van der Waals surface area contributed by atoms with Crippen molar-refractivity contribution in [2.24, 2.45) is 10.9 Å². The van der Waals surface area contributed by atoms with E-state index in [0.717, 1.165) is 13.0 Å². The maximum Gasteiger partial charge on any atom is 0.319 e. The van der Waals surface area contributed by atoms with Crippen LogP contribution in [0.2, 0.25) is 0 Å². The molecule has 0 fully saturated rings. The van der Waals surface area contributed by atoms with Crippen molar-refractivity contribution in [1.29, 1.82) is 0 Å². The number of carbonyl (C=O) groups is 2. The van der Waals surface area contributed by atoms with Crippen molar-refractivity contribution in [1.82, 2.24) is 14.7 Å². The van der Waals surface area contributed by atoms with E-state index in [2.05, 4.69) is 18.8 Å². The van der Waals surface area contributed by atoms with Gasteiger partial charge in [0.1, 0.15) is 0 Å². The van der Waals surface area contributed by atoms with Crippen LogP contribution in [0.3, 0.4) is 0 Å². The molecule has 0 spiro atoms. The van der Waals surface area contributed by atoms with Crippen molar-refractivity contribution < 1.29 is 14.3 Å². The molecule has 0 radical (unpaired) electrons. The SMILES string of the molecule is CCN(C)C(=O)N(CC)[C@@H](C)C[C@H](C)CN(C)C1=NC(=O)CO1. The zero-order valence-electron chi connectivity index (χ0n) is 15.2. The lowest BCUT2D eigenvalue weighted by molar-refractivity contribution is -0.118. The lowest BCUT2D eigenvalue weighted by Gasteiger charge is -2.33. The minimum Gasteiger partial charge on any atom is -0.455 e. The van der Waals surface area contributed by atoms with Crippen LogP contribution in [0.4, 0.5) is 4.79 Å². The molecule has 2 atom stereocenters. The summed E-state index contributed by atoms with van der Waals surface area (Å²) in [7, 11) is 3.69.